The minimum Gasteiger partial charge on any atom is -0.384 e. The van der Waals surface area contributed by atoms with Gasteiger partial charge < -0.3 is 14.7 Å². The summed E-state index contributed by atoms with van der Waals surface area (Å²) >= 11 is 0. The molecule has 20 heavy (non-hydrogen) atoms. The van der Waals surface area contributed by atoms with E-state index in [-0.39, 0.29) is 18.6 Å². The normalized spacial score (nSPS) is 18.4. The van der Waals surface area contributed by atoms with Gasteiger partial charge in [-0.05, 0) is 31.5 Å². The van der Waals surface area contributed by atoms with Crippen molar-refractivity contribution < 1.29 is 14.6 Å². The van der Waals surface area contributed by atoms with Gasteiger partial charge >= 0.3 is 0 Å². The average Bonchev–Trinajstić information content (AvgIpc) is 2.45. The summed E-state index contributed by atoms with van der Waals surface area (Å²) in [5, 5.41) is 8.77. The van der Waals surface area contributed by atoms with Gasteiger partial charge in [-0.3, -0.25) is 4.79 Å². The molecule has 106 valence electrons. The van der Waals surface area contributed by atoms with E-state index in [9.17, 15) is 4.79 Å². The molecule has 0 aliphatic carbocycles. The highest BCUT2D eigenvalue weighted by Gasteiger charge is 2.22. The van der Waals surface area contributed by atoms with Crippen LogP contribution >= 0.6 is 0 Å². The fraction of sp³-hybridized carbons (Fsp3) is 0.438. The largest absolute Gasteiger partial charge is 0.384 e. The zero-order valence-electron chi connectivity index (χ0n) is 11.8. The van der Waals surface area contributed by atoms with Crippen LogP contribution in [0, 0.1) is 18.8 Å². The first-order valence-electron chi connectivity index (χ1n) is 6.73. The van der Waals surface area contributed by atoms with Gasteiger partial charge in [-0.15, -0.1) is 0 Å². The molecule has 1 saturated heterocycles. The van der Waals surface area contributed by atoms with E-state index < -0.39 is 0 Å². The molecule has 1 aliphatic rings. The zero-order chi connectivity index (χ0) is 14.5. The molecule has 1 aromatic rings. The third kappa shape index (κ3) is 3.38. The molecule has 4 nitrogen and oxygen atoms in total. The molecule has 0 bridgehead atoms. The standard InChI is InChI=1S/C16H19NO3/c1-12-5-6-15(10-14(12)4-3-8-18)16(19)17-7-9-20-13(2)11-17/h5-6,10,13,18H,7-9,11H2,1-2H3. The summed E-state index contributed by atoms with van der Waals surface area (Å²) in [6.45, 7) is 5.53. The summed E-state index contributed by atoms with van der Waals surface area (Å²) in [6, 6.07) is 5.50. The van der Waals surface area contributed by atoms with E-state index in [1.807, 2.05) is 30.9 Å². The Morgan fingerprint density at radius 1 is 1.55 bits per heavy atom. The van der Waals surface area contributed by atoms with Gasteiger partial charge in [0.2, 0.25) is 0 Å². The summed E-state index contributed by atoms with van der Waals surface area (Å²) in [5.41, 5.74) is 2.41. The number of ether oxygens (including phenoxy) is 1. The van der Waals surface area contributed by atoms with Crippen LogP contribution in [0.2, 0.25) is 0 Å². The number of aliphatic hydroxyl groups excluding tert-OH is 1. The number of rotatable bonds is 1. The van der Waals surface area contributed by atoms with Crippen LogP contribution in [0.4, 0.5) is 0 Å². The van der Waals surface area contributed by atoms with E-state index >= 15 is 0 Å². The van der Waals surface area contributed by atoms with E-state index in [0.717, 1.165) is 11.1 Å². The first kappa shape index (κ1) is 14.6. The quantitative estimate of drug-likeness (QED) is 0.782. The number of morpholine rings is 1. The summed E-state index contributed by atoms with van der Waals surface area (Å²) in [5.74, 6) is 5.50. The van der Waals surface area contributed by atoms with Crippen LogP contribution in [-0.4, -0.2) is 48.3 Å². The zero-order valence-corrected chi connectivity index (χ0v) is 11.8. The highest BCUT2D eigenvalue weighted by molar-refractivity contribution is 5.94. The second-order valence-electron chi connectivity index (χ2n) is 4.92. The van der Waals surface area contributed by atoms with Gasteiger partial charge in [0.25, 0.3) is 5.91 Å². The lowest BCUT2D eigenvalue weighted by Crippen LogP contribution is -2.44. The van der Waals surface area contributed by atoms with Crippen LogP contribution in [0.3, 0.4) is 0 Å². The van der Waals surface area contributed by atoms with Crippen LogP contribution in [0.25, 0.3) is 0 Å². The molecule has 2 rings (SSSR count). The number of aryl methyl sites for hydroxylation is 1. The van der Waals surface area contributed by atoms with Crippen LogP contribution in [0.1, 0.15) is 28.4 Å². The van der Waals surface area contributed by atoms with Crippen LogP contribution in [0.5, 0.6) is 0 Å². The highest BCUT2D eigenvalue weighted by Crippen LogP contribution is 2.14. The Balaban J connectivity index is 2.21. The molecule has 1 atom stereocenters. The molecule has 0 saturated carbocycles. The Hall–Kier alpha value is -1.83. The van der Waals surface area contributed by atoms with Gasteiger partial charge in [0, 0.05) is 24.2 Å². The second kappa shape index (κ2) is 6.56. The molecule has 1 aromatic carbocycles. The maximum atomic E-state index is 12.5. The maximum Gasteiger partial charge on any atom is 0.254 e. The van der Waals surface area contributed by atoms with Gasteiger partial charge in [0.1, 0.15) is 6.61 Å². The van der Waals surface area contributed by atoms with Crippen molar-refractivity contribution in [1.29, 1.82) is 0 Å². The Morgan fingerprint density at radius 2 is 2.35 bits per heavy atom. The Morgan fingerprint density at radius 3 is 3.05 bits per heavy atom. The number of nitrogens with zero attached hydrogens (tertiary/aromatic N) is 1. The fourth-order valence-electron chi connectivity index (χ4n) is 2.21. The highest BCUT2D eigenvalue weighted by atomic mass is 16.5. The summed E-state index contributed by atoms with van der Waals surface area (Å²) in [4.78, 5) is 14.3. The second-order valence-corrected chi connectivity index (χ2v) is 4.92. The lowest BCUT2D eigenvalue weighted by Gasteiger charge is -2.31. The number of hydrogen-bond donors (Lipinski definition) is 1. The molecule has 1 amide bonds. The molecule has 0 spiro atoms. The third-order valence-corrected chi connectivity index (χ3v) is 3.31. The van der Waals surface area contributed by atoms with Crippen molar-refractivity contribution in [3.8, 4) is 11.8 Å². The lowest BCUT2D eigenvalue weighted by molar-refractivity contribution is -0.0124. The molecule has 1 unspecified atom stereocenters. The predicted octanol–water partition coefficient (Wildman–Crippen LogP) is 1.20. The average molecular weight is 273 g/mol. The number of amides is 1. The summed E-state index contributed by atoms with van der Waals surface area (Å²) in [6.07, 6.45) is 0.0757. The van der Waals surface area contributed by atoms with Gasteiger partial charge in [-0.25, -0.2) is 0 Å². The minimum atomic E-state index is -0.182. The van der Waals surface area contributed by atoms with Crippen LogP contribution in [-0.2, 0) is 4.74 Å². The number of aliphatic hydroxyl groups is 1. The molecular formula is C16H19NO3. The predicted molar refractivity (Wildman–Crippen MR) is 76.5 cm³/mol. The SMILES string of the molecule is Cc1ccc(C(=O)N2CCOC(C)C2)cc1C#CCO. The van der Waals surface area contributed by atoms with Crippen molar-refractivity contribution in [2.45, 2.75) is 20.0 Å². The van der Waals surface area contributed by atoms with Crippen molar-refractivity contribution in [3.63, 3.8) is 0 Å². The molecule has 0 aromatic heterocycles. The van der Waals surface area contributed by atoms with Crippen LogP contribution < -0.4 is 0 Å². The number of benzene rings is 1. The van der Waals surface area contributed by atoms with E-state index in [2.05, 4.69) is 11.8 Å². The van der Waals surface area contributed by atoms with Crippen molar-refractivity contribution in [2.75, 3.05) is 26.3 Å². The van der Waals surface area contributed by atoms with Crippen molar-refractivity contribution in [3.05, 3.63) is 34.9 Å². The summed E-state index contributed by atoms with van der Waals surface area (Å²) < 4.78 is 5.45. The van der Waals surface area contributed by atoms with Crippen molar-refractivity contribution in [1.82, 2.24) is 4.90 Å². The van der Waals surface area contributed by atoms with Gasteiger partial charge in [-0.1, -0.05) is 17.9 Å². The Kier molecular flexibility index (Phi) is 4.78. The van der Waals surface area contributed by atoms with Gasteiger partial charge in [-0.2, -0.15) is 0 Å². The first-order valence-corrected chi connectivity index (χ1v) is 6.73. The molecule has 0 radical (unpaired) electrons. The summed E-state index contributed by atoms with van der Waals surface area (Å²) in [7, 11) is 0. The smallest absolute Gasteiger partial charge is 0.254 e. The molecule has 1 N–H and O–H groups in total. The minimum absolute atomic E-state index is 0.00667. The van der Waals surface area contributed by atoms with Crippen molar-refractivity contribution in [2.24, 2.45) is 0 Å². The molecule has 1 aliphatic heterocycles. The van der Waals surface area contributed by atoms with Gasteiger partial charge in [0.15, 0.2) is 0 Å². The topological polar surface area (TPSA) is 49.8 Å². The molecule has 1 fully saturated rings. The van der Waals surface area contributed by atoms with E-state index in [1.54, 1.807) is 6.07 Å². The van der Waals surface area contributed by atoms with Crippen molar-refractivity contribution >= 4 is 5.91 Å². The monoisotopic (exact) mass is 273 g/mol. The Bertz CT molecular complexity index is 557. The lowest BCUT2D eigenvalue weighted by atomic mass is 10.0. The molecular weight excluding hydrogens is 254 g/mol. The Labute approximate surface area is 119 Å². The fourth-order valence-corrected chi connectivity index (χ4v) is 2.21. The third-order valence-electron chi connectivity index (χ3n) is 3.31. The van der Waals surface area contributed by atoms with E-state index in [1.165, 1.54) is 0 Å². The van der Waals surface area contributed by atoms with Gasteiger partial charge in [0.05, 0.1) is 12.7 Å². The maximum absolute atomic E-state index is 12.5. The number of carbonyl (C=O) groups is 1. The van der Waals surface area contributed by atoms with E-state index in [4.69, 9.17) is 9.84 Å². The molecule has 4 heteroatoms. The number of carbonyl (C=O) groups excluding carboxylic acids is 1. The van der Waals surface area contributed by atoms with E-state index in [0.29, 0.717) is 25.3 Å². The first-order chi connectivity index (χ1) is 9.61. The van der Waals surface area contributed by atoms with Crippen LogP contribution in [0.15, 0.2) is 18.2 Å². The number of hydrogen-bond acceptors (Lipinski definition) is 3. The molecule has 1 heterocycles.